The quantitative estimate of drug-likeness (QED) is 0.557. The molecule has 0 heterocycles. The van der Waals surface area contributed by atoms with Crippen molar-refractivity contribution in [1.29, 1.82) is 0 Å². The third-order valence-corrected chi connectivity index (χ3v) is 5.74. The molecule has 0 atom stereocenters. The van der Waals surface area contributed by atoms with Gasteiger partial charge >= 0.3 is 0 Å². The molecule has 28 heavy (non-hydrogen) atoms. The minimum absolute atomic E-state index is 0.144. The lowest BCUT2D eigenvalue weighted by atomic mass is 10.1. The Balaban J connectivity index is 1.71. The minimum Gasteiger partial charge on any atom is -0.322 e. The molecule has 0 spiro atoms. The van der Waals surface area contributed by atoms with Crippen LogP contribution in [0.4, 0.5) is 11.4 Å². The lowest BCUT2D eigenvalue weighted by Gasteiger charge is -2.09. The number of hydrogen-bond acceptors (Lipinski definition) is 3. The third kappa shape index (κ3) is 4.80. The predicted octanol–water partition coefficient (Wildman–Crippen LogP) is 4.48. The Hall–Kier alpha value is -3.08. The summed E-state index contributed by atoms with van der Waals surface area (Å²) in [6.45, 7) is 0. The van der Waals surface area contributed by atoms with E-state index in [-0.39, 0.29) is 10.8 Å². The first-order valence-corrected chi connectivity index (χ1v) is 10.4. The average Bonchev–Trinajstić information content (AvgIpc) is 2.68. The van der Waals surface area contributed by atoms with E-state index in [2.05, 4.69) is 31.9 Å². The van der Waals surface area contributed by atoms with Crippen LogP contribution in [0.15, 0.2) is 82.2 Å². The van der Waals surface area contributed by atoms with Crippen LogP contribution in [0.1, 0.15) is 15.9 Å². The number of benzene rings is 3. The van der Waals surface area contributed by atoms with E-state index in [0.717, 1.165) is 4.47 Å². The zero-order valence-electron chi connectivity index (χ0n) is 14.5. The number of terminal acetylenes is 1. The number of sulfonamides is 1. The minimum atomic E-state index is -3.71. The fourth-order valence-corrected chi connectivity index (χ4v) is 3.73. The Kier molecular flexibility index (Phi) is 5.83. The summed E-state index contributed by atoms with van der Waals surface area (Å²) in [6.07, 6.45) is 5.36. The Bertz CT molecular complexity index is 1150. The lowest BCUT2D eigenvalue weighted by Crippen LogP contribution is -2.14. The fourth-order valence-electron chi connectivity index (χ4n) is 2.41. The van der Waals surface area contributed by atoms with E-state index >= 15 is 0 Å². The van der Waals surface area contributed by atoms with Crippen LogP contribution in [0.5, 0.6) is 0 Å². The summed E-state index contributed by atoms with van der Waals surface area (Å²) in [5, 5.41) is 2.75. The molecule has 7 heteroatoms. The predicted molar refractivity (Wildman–Crippen MR) is 114 cm³/mol. The zero-order chi connectivity index (χ0) is 20.1. The van der Waals surface area contributed by atoms with Crippen LogP contribution in [0.25, 0.3) is 0 Å². The summed E-state index contributed by atoms with van der Waals surface area (Å²) in [5.41, 5.74) is 1.99. The summed E-state index contributed by atoms with van der Waals surface area (Å²) in [6, 6.07) is 19.4. The van der Waals surface area contributed by atoms with Crippen molar-refractivity contribution in [2.45, 2.75) is 4.90 Å². The van der Waals surface area contributed by atoms with Gasteiger partial charge in [-0.15, -0.1) is 6.42 Å². The van der Waals surface area contributed by atoms with Crippen LogP contribution < -0.4 is 10.0 Å². The largest absolute Gasteiger partial charge is 0.322 e. The molecule has 0 aromatic heterocycles. The SMILES string of the molecule is C#Cc1cccc(NC(=O)c2ccc(NS(=O)(=O)c3ccc(Br)cc3)cc2)c1. The summed E-state index contributed by atoms with van der Waals surface area (Å²) >= 11 is 3.27. The van der Waals surface area contributed by atoms with E-state index in [4.69, 9.17) is 6.42 Å². The molecule has 0 radical (unpaired) electrons. The maximum atomic E-state index is 12.4. The Morgan fingerprint density at radius 3 is 2.25 bits per heavy atom. The van der Waals surface area contributed by atoms with Gasteiger partial charge < -0.3 is 5.32 Å². The number of anilines is 2. The van der Waals surface area contributed by atoms with Gasteiger partial charge in [0.1, 0.15) is 0 Å². The van der Waals surface area contributed by atoms with Crippen LogP contribution in [0.3, 0.4) is 0 Å². The van der Waals surface area contributed by atoms with Crippen molar-refractivity contribution in [2.24, 2.45) is 0 Å². The number of nitrogens with one attached hydrogen (secondary N) is 2. The highest BCUT2D eigenvalue weighted by Gasteiger charge is 2.14. The van der Waals surface area contributed by atoms with Crippen molar-refractivity contribution >= 4 is 43.2 Å². The second-order valence-electron chi connectivity index (χ2n) is 5.82. The number of halogens is 1. The normalized spacial score (nSPS) is 10.7. The maximum absolute atomic E-state index is 12.4. The van der Waals surface area contributed by atoms with Gasteiger partial charge in [0.15, 0.2) is 0 Å². The van der Waals surface area contributed by atoms with Crippen molar-refractivity contribution in [2.75, 3.05) is 10.0 Å². The second-order valence-corrected chi connectivity index (χ2v) is 8.41. The molecule has 2 N–H and O–H groups in total. The molecule has 0 unspecified atom stereocenters. The van der Waals surface area contributed by atoms with E-state index in [1.807, 2.05) is 0 Å². The summed E-state index contributed by atoms with van der Waals surface area (Å²) in [5.74, 6) is 2.18. The van der Waals surface area contributed by atoms with E-state index < -0.39 is 10.0 Å². The van der Waals surface area contributed by atoms with Crippen molar-refractivity contribution in [3.63, 3.8) is 0 Å². The Labute approximate surface area is 172 Å². The Morgan fingerprint density at radius 1 is 0.929 bits per heavy atom. The lowest BCUT2D eigenvalue weighted by molar-refractivity contribution is 0.102. The van der Waals surface area contributed by atoms with Gasteiger partial charge in [-0.3, -0.25) is 9.52 Å². The summed E-state index contributed by atoms with van der Waals surface area (Å²) < 4.78 is 28.1. The number of carbonyl (C=O) groups excluding carboxylic acids is 1. The molecule has 0 aliphatic rings. The zero-order valence-corrected chi connectivity index (χ0v) is 16.9. The van der Waals surface area contributed by atoms with Gasteiger partial charge in [0.05, 0.1) is 4.90 Å². The van der Waals surface area contributed by atoms with Gasteiger partial charge in [0.25, 0.3) is 15.9 Å². The van der Waals surface area contributed by atoms with Crippen LogP contribution in [0.2, 0.25) is 0 Å². The van der Waals surface area contributed by atoms with Gasteiger partial charge in [-0.05, 0) is 66.7 Å². The molecular formula is C21H15BrN2O3S. The molecule has 0 saturated carbocycles. The standard InChI is InChI=1S/C21H15BrN2O3S/c1-2-15-4-3-5-19(14-15)23-21(25)16-6-10-18(11-7-16)24-28(26,27)20-12-8-17(22)9-13-20/h1,3-14,24H,(H,23,25). The first-order chi connectivity index (χ1) is 13.4. The Morgan fingerprint density at radius 2 is 1.61 bits per heavy atom. The molecule has 0 aliphatic heterocycles. The first-order valence-electron chi connectivity index (χ1n) is 8.14. The van der Waals surface area contributed by atoms with Gasteiger partial charge in [-0.25, -0.2) is 8.42 Å². The number of hydrogen-bond donors (Lipinski definition) is 2. The molecule has 3 aromatic rings. The number of rotatable bonds is 5. The van der Waals surface area contributed by atoms with Gasteiger partial charge in [0.2, 0.25) is 0 Å². The molecule has 0 bridgehead atoms. The number of carbonyl (C=O) groups is 1. The fraction of sp³-hybridized carbons (Fsp3) is 0. The van der Waals surface area contributed by atoms with E-state index in [1.54, 1.807) is 48.5 Å². The molecule has 0 saturated heterocycles. The topological polar surface area (TPSA) is 75.3 Å². The van der Waals surface area contributed by atoms with Crippen LogP contribution >= 0.6 is 15.9 Å². The van der Waals surface area contributed by atoms with Crippen molar-refractivity contribution in [3.8, 4) is 12.3 Å². The van der Waals surface area contributed by atoms with E-state index in [1.165, 1.54) is 24.3 Å². The van der Waals surface area contributed by atoms with Crippen molar-refractivity contribution < 1.29 is 13.2 Å². The average molecular weight is 455 g/mol. The molecule has 0 fully saturated rings. The highest BCUT2D eigenvalue weighted by molar-refractivity contribution is 9.10. The molecule has 3 aromatic carbocycles. The van der Waals surface area contributed by atoms with Crippen LogP contribution in [-0.4, -0.2) is 14.3 Å². The van der Waals surface area contributed by atoms with Crippen LogP contribution in [0, 0.1) is 12.3 Å². The van der Waals surface area contributed by atoms with Crippen LogP contribution in [-0.2, 0) is 10.0 Å². The maximum Gasteiger partial charge on any atom is 0.261 e. The van der Waals surface area contributed by atoms with Crippen molar-refractivity contribution in [3.05, 3.63) is 88.4 Å². The first kappa shape index (κ1) is 19.7. The number of amides is 1. The van der Waals surface area contributed by atoms with Crippen molar-refractivity contribution in [1.82, 2.24) is 0 Å². The molecule has 1 amide bonds. The van der Waals surface area contributed by atoms with Gasteiger partial charge in [0, 0.05) is 27.0 Å². The van der Waals surface area contributed by atoms with Gasteiger partial charge in [-0.2, -0.15) is 0 Å². The van der Waals surface area contributed by atoms with E-state index in [0.29, 0.717) is 22.5 Å². The molecule has 0 aliphatic carbocycles. The smallest absolute Gasteiger partial charge is 0.261 e. The molecular weight excluding hydrogens is 440 g/mol. The van der Waals surface area contributed by atoms with E-state index in [9.17, 15) is 13.2 Å². The summed E-state index contributed by atoms with van der Waals surface area (Å²) in [4.78, 5) is 12.5. The molecule has 140 valence electrons. The monoisotopic (exact) mass is 454 g/mol. The highest BCUT2D eigenvalue weighted by atomic mass is 79.9. The molecule has 5 nitrogen and oxygen atoms in total. The highest BCUT2D eigenvalue weighted by Crippen LogP contribution is 2.19. The van der Waals surface area contributed by atoms with Gasteiger partial charge in [-0.1, -0.05) is 27.9 Å². The third-order valence-electron chi connectivity index (χ3n) is 3.81. The second kappa shape index (κ2) is 8.30. The summed E-state index contributed by atoms with van der Waals surface area (Å²) in [7, 11) is -3.71. The molecule has 3 rings (SSSR count).